The van der Waals surface area contributed by atoms with Crippen molar-refractivity contribution in [3.8, 4) is 0 Å². The first kappa shape index (κ1) is 13.9. The zero-order valence-corrected chi connectivity index (χ0v) is 11.8. The molecule has 1 N–H and O–H groups in total. The van der Waals surface area contributed by atoms with Gasteiger partial charge in [0.15, 0.2) is 0 Å². The van der Waals surface area contributed by atoms with Gasteiger partial charge in [0.1, 0.15) is 5.54 Å². The molecule has 0 spiro atoms. The van der Waals surface area contributed by atoms with Crippen molar-refractivity contribution in [1.29, 1.82) is 0 Å². The smallest absolute Gasteiger partial charge is 0.324 e. The molecule has 3 heteroatoms. The van der Waals surface area contributed by atoms with Gasteiger partial charge in [0.05, 0.1) is 0 Å². The Morgan fingerprint density at radius 2 is 2.17 bits per heavy atom. The summed E-state index contributed by atoms with van der Waals surface area (Å²) in [7, 11) is 0. The number of rotatable bonds is 4. The number of hydrogen-bond donors (Lipinski definition) is 1. The van der Waals surface area contributed by atoms with Crippen molar-refractivity contribution in [2.24, 2.45) is 5.92 Å². The van der Waals surface area contributed by atoms with Gasteiger partial charge in [-0.05, 0) is 44.6 Å². The highest BCUT2D eigenvalue weighted by atomic mass is 16.4. The van der Waals surface area contributed by atoms with Crippen LogP contribution in [0, 0.1) is 5.92 Å². The van der Waals surface area contributed by atoms with Crippen LogP contribution < -0.4 is 0 Å². The molecule has 3 unspecified atom stereocenters. The summed E-state index contributed by atoms with van der Waals surface area (Å²) >= 11 is 0. The van der Waals surface area contributed by atoms with Crippen LogP contribution >= 0.6 is 0 Å². The molecule has 0 aromatic heterocycles. The van der Waals surface area contributed by atoms with Crippen molar-refractivity contribution in [3.05, 3.63) is 0 Å². The summed E-state index contributed by atoms with van der Waals surface area (Å²) in [6.45, 7) is 5.40. The van der Waals surface area contributed by atoms with E-state index in [9.17, 15) is 9.90 Å². The van der Waals surface area contributed by atoms with Crippen molar-refractivity contribution in [1.82, 2.24) is 4.90 Å². The average molecular weight is 253 g/mol. The summed E-state index contributed by atoms with van der Waals surface area (Å²) in [4.78, 5) is 14.2. The van der Waals surface area contributed by atoms with E-state index in [4.69, 9.17) is 0 Å². The minimum atomic E-state index is -0.583. The lowest BCUT2D eigenvalue weighted by atomic mass is 9.83. The molecule has 1 saturated carbocycles. The minimum Gasteiger partial charge on any atom is -0.480 e. The highest BCUT2D eigenvalue weighted by Gasteiger charge is 2.49. The third-order valence-electron chi connectivity index (χ3n) is 4.95. The Kier molecular flexibility index (Phi) is 4.31. The molecule has 1 aliphatic carbocycles. The van der Waals surface area contributed by atoms with Crippen LogP contribution in [0.25, 0.3) is 0 Å². The van der Waals surface area contributed by atoms with Crippen LogP contribution in [0.15, 0.2) is 0 Å². The minimum absolute atomic E-state index is 0.513. The molecule has 0 bridgehead atoms. The van der Waals surface area contributed by atoms with E-state index < -0.39 is 11.5 Å². The lowest BCUT2D eigenvalue weighted by Crippen LogP contribution is -2.55. The van der Waals surface area contributed by atoms with Crippen LogP contribution in [0.3, 0.4) is 0 Å². The van der Waals surface area contributed by atoms with E-state index in [2.05, 4.69) is 18.7 Å². The molecule has 3 nitrogen and oxygen atoms in total. The Bertz CT molecular complexity index is 305. The molecule has 2 aliphatic rings. The number of carboxylic acid groups (broad SMARTS) is 1. The number of carboxylic acids is 1. The van der Waals surface area contributed by atoms with Crippen molar-refractivity contribution in [2.75, 3.05) is 6.54 Å². The largest absolute Gasteiger partial charge is 0.480 e. The fraction of sp³-hybridized carbons (Fsp3) is 0.933. The molecule has 0 amide bonds. The van der Waals surface area contributed by atoms with Gasteiger partial charge in [0, 0.05) is 6.04 Å². The molecular weight excluding hydrogens is 226 g/mol. The molecule has 0 radical (unpaired) electrons. The molecule has 18 heavy (non-hydrogen) atoms. The van der Waals surface area contributed by atoms with Crippen LogP contribution in [0.2, 0.25) is 0 Å². The van der Waals surface area contributed by atoms with E-state index in [0.29, 0.717) is 6.04 Å². The van der Waals surface area contributed by atoms with Crippen molar-refractivity contribution in [3.63, 3.8) is 0 Å². The number of nitrogens with zero attached hydrogens (tertiary/aromatic N) is 1. The number of aliphatic carboxylic acids is 1. The van der Waals surface area contributed by atoms with Gasteiger partial charge in [-0.1, -0.05) is 33.1 Å². The molecule has 2 rings (SSSR count). The fourth-order valence-electron chi connectivity index (χ4n) is 4.14. The highest BCUT2D eigenvalue weighted by molar-refractivity contribution is 5.79. The van der Waals surface area contributed by atoms with Gasteiger partial charge in [-0.2, -0.15) is 0 Å². The summed E-state index contributed by atoms with van der Waals surface area (Å²) in [6, 6.07) is 0.513. The second kappa shape index (κ2) is 5.60. The van der Waals surface area contributed by atoms with Crippen LogP contribution in [0.1, 0.15) is 65.2 Å². The maximum absolute atomic E-state index is 11.8. The van der Waals surface area contributed by atoms with Gasteiger partial charge in [-0.25, -0.2) is 0 Å². The molecule has 1 heterocycles. The van der Waals surface area contributed by atoms with E-state index in [1.807, 2.05) is 0 Å². The van der Waals surface area contributed by atoms with Gasteiger partial charge in [-0.15, -0.1) is 0 Å². The SMILES string of the molecule is CCCC1(C(=O)O)CCCN1C1CCCC(C)C1. The lowest BCUT2D eigenvalue weighted by molar-refractivity contribution is -0.152. The monoisotopic (exact) mass is 253 g/mol. The number of hydrogen-bond acceptors (Lipinski definition) is 2. The standard InChI is InChI=1S/C15H27NO2/c1-3-8-15(14(17)18)9-5-10-16(15)13-7-4-6-12(2)11-13/h12-13H,3-11H2,1-2H3,(H,17,18). The normalized spacial score (nSPS) is 37.9. The van der Waals surface area contributed by atoms with Gasteiger partial charge >= 0.3 is 5.97 Å². The fourth-order valence-corrected chi connectivity index (χ4v) is 4.14. The van der Waals surface area contributed by atoms with Crippen molar-refractivity contribution < 1.29 is 9.90 Å². The van der Waals surface area contributed by atoms with Crippen molar-refractivity contribution in [2.45, 2.75) is 76.8 Å². The zero-order chi connectivity index (χ0) is 13.2. The second-order valence-corrected chi connectivity index (χ2v) is 6.31. The van der Waals surface area contributed by atoms with Gasteiger partial charge in [0.25, 0.3) is 0 Å². The summed E-state index contributed by atoms with van der Waals surface area (Å²) in [6.07, 6.45) is 8.65. The van der Waals surface area contributed by atoms with E-state index in [1.165, 1.54) is 25.7 Å². The lowest BCUT2D eigenvalue weighted by Gasteiger charge is -2.43. The predicted molar refractivity (Wildman–Crippen MR) is 72.6 cm³/mol. The Hall–Kier alpha value is -0.570. The van der Waals surface area contributed by atoms with Crippen LogP contribution in [0.4, 0.5) is 0 Å². The zero-order valence-electron chi connectivity index (χ0n) is 11.8. The number of likely N-dealkylation sites (tertiary alicyclic amines) is 1. The summed E-state index contributed by atoms with van der Waals surface area (Å²) in [5.74, 6) is 0.178. The van der Waals surface area contributed by atoms with Crippen LogP contribution in [-0.2, 0) is 4.79 Å². The quantitative estimate of drug-likeness (QED) is 0.836. The third kappa shape index (κ3) is 2.42. The first-order valence-corrected chi connectivity index (χ1v) is 7.60. The van der Waals surface area contributed by atoms with E-state index in [0.717, 1.165) is 38.1 Å². The van der Waals surface area contributed by atoms with Gasteiger partial charge in [-0.3, -0.25) is 9.69 Å². The molecule has 1 saturated heterocycles. The Morgan fingerprint density at radius 1 is 1.39 bits per heavy atom. The maximum atomic E-state index is 11.8. The highest BCUT2D eigenvalue weighted by Crippen LogP contribution is 2.40. The molecule has 2 fully saturated rings. The van der Waals surface area contributed by atoms with E-state index in [1.54, 1.807) is 0 Å². The second-order valence-electron chi connectivity index (χ2n) is 6.31. The molecular formula is C15H27NO2. The Balaban J connectivity index is 2.16. The average Bonchev–Trinajstić information content (AvgIpc) is 2.74. The molecule has 3 atom stereocenters. The molecule has 0 aromatic carbocycles. The van der Waals surface area contributed by atoms with Gasteiger partial charge in [0.2, 0.25) is 0 Å². The third-order valence-corrected chi connectivity index (χ3v) is 4.95. The Morgan fingerprint density at radius 3 is 2.78 bits per heavy atom. The van der Waals surface area contributed by atoms with Crippen LogP contribution in [0.5, 0.6) is 0 Å². The van der Waals surface area contributed by atoms with E-state index in [-0.39, 0.29) is 0 Å². The van der Waals surface area contributed by atoms with E-state index >= 15 is 0 Å². The summed E-state index contributed by atoms with van der Waals surface area (Å²) in [5, 5.41) is 9.72. The van der Waals surface area contributed by atoms with Gasteiger partial charge < -0.3 is 5.11 Å². The topological polar surface area (TPSA) is 40.5 Å². The summed E-state index contributed by atoms with van der Waals surface area (Å²) in [5.41, 5.74) is -0.545. The predicted octanol–water partition coefficient (Wildman–Crippen LogP) is 3.28. The first-order chi connectivity index (χ1) is 8.60. The first-order valence-electron chi connectivity index (χ1n) is 7.60. The molecule has 0 aromatic rings. The Labute approximate surface area is 111 Å². The molecule has 104 valence electrons. The summed E-state index contributed by atoms with van der Waals surface area (Å²) < 4.78 is 0. The molecule has 1 aliphatic heterocycles. The van der Waals surface area contributed by atoms with Crippen molar-refractivity contribution >= 4 is 5.97 Å². The van der Waals surface area contributed by atoms with Crippen LogP contribution in [-0.4, -0.2) is 34.1 Å². The maximum Gasteiger partial charge on any atom is 0.324 e. The number of carbonyl (C=O) groups is 1.